The van der Waals surface area contributed by atoms with E-state index in [1.807, 2.05) is 31.2 Å². The maximum atomic E-state index is 10.2. The Morgan fingerprint density at radius 2 is 1.81 bits per heavy atom. The summed E-state index contributed by atoms with van der Waals surface area (Å²) in [7, 11) is 0. The first kappa shape index (κ1) is 22.3. The number of halogens is 3. The number of hydrogen-bond acceptors (Lipinski definition) is 3. The Morgan fingerprint density at radius 3 is 2.48 bits per heavy atom. The highest BCUT2D eigenvalue weighted by Crippen LogP contribution is 2.32. The molecule has 0 amide bonds. The van der Waals surface area contributed by atoms with Gasteiger partial charge in [-0.15, -0.1) is 0 Å². The van der Waals surface area contributed by atoms with Crippen LogP contribution in [0.2, 0.25) is 15.1 Å². The molecule has 6 heteroatoms. The first-order valence-corrected chi connectivity index (χ1v) is 10.2. The minimum atomic E-state index is -0.610. The van der Waals surface area contributed by atoms with E-state index in [2.05, 4.69) is 19.2 Å². The average molecular weight is 431 g/mol. The minimum Gasteiger partial charge on any atom is -0.491 e. The van der Waals surface area contributed by atoms with Gasteiger partial charge in [-0.1, -0.05) is 54.7 Å². The molecule has 0 fully saturated rings. The van der Waals surface area contributed by atoms with Crippen molar-refractivity contribution in [2.45, 2.75) is 39.2 Å². The van der Waals surface area contributed by atoms with Crippen molar-refractivity contribution in [3.05, 3.63) is 62.1 Å². The van der Waals surface area contributed by atoms with Crippen molar-refractivity contribution in [2.75, 3.05) is 19.7 Å². The van der Waals surface area contributed by atoms with Crippen LogP contribution in [0.1, 0.15) is 36.5 Å². The monoisotopic (exact) mass is 429 g/mol. The first-order chi connectivity index (χ1) is 12.8. The number of benzene rings is 2. The van der Waals surface area contributed by atoms with Crippen LogP contribution in [0, 0.1) is 6.92 Å². The van der Waals surface area contributed by atoms with Gasteiger partial charge in [-0.3, -0.25) is 0 Å². The third-order valence-corrected chi connectivity index (χ3v) is 5.30. The molecule has 27 heavy (non-hydrogen) atoms. The van der Waals surface area contributed by atoms with Crippen LogP contribution in [-0.4, -0.2) is 30.9 Å². The summed E-state index contributed by atoms with van der Waals surface area (Å²) in [6.07, 6.45) is 0.152. The number of rotatable bonds is 9. The van der Waals surface area contributed by atoms with Crippen LogP contribution >= 0.6 is 34.8 Å². The molecule has 3 nitrogen and oxygen atoms in total. The number of hydrogen-bond donors (Lipinski definition) is 2. The molecular weight excluding hydrogens is 405 g/mol. The summed E-state index contributed by atoms with van der Waals surface area (Å²) < 4.78 is 5.86. The Bertz CT molecular complexity index is 765. The van der Waals surface area contributed by atoms with Crippen LogP contribution < -0.4 is 10.1 Å². The van der Waals surface area contributed by atoms with E-state index in [1.54, 1.807) is 6.07 Å². The molecule has 2 rings (SSSR count). The Morgan fingerprint density at radius 1 is 1.07 bits per heavy atom. The number of aliphatic hydroxyl groups excluding tert-OH is 1. The summed E-state index contributed by atoms with van der Waals surface area (Å²) in [6, 6.07) is 9.35. The molecule has 2 aromatic rings. The number of aliphatic hydroxyl groups is 1. The highest BCUT2D eigenvalue weighted by Gasteiger charge is 2.13. The quantitative estimate of drug-likeness (QED) is 0.505. The normalized spacial score (nSPS) is 12.4. The molecule has 0 saturated carbocycles. The molecule has 0 aromatic heterocycles. The molecule has 1 atom stereocenters. The minimum absolute atomic E-state index is 0.218. The lowest BCUT2D eigenvalue weighted by atomic mass is 10.0. The van der Waals surface area contributed by atoms with Crippen LogP contribution in [0.25, 0.3) is 0 Å². The van der Waals surface area contributed by atoms with Gasteiger partial charge in [0.2, 0.25) is 0 Å². The van der Waals surface area contributed by atoms with Crippen LogP contribution in [0.3, 0.4) is 0 Å². The van der Waals surface area contributed by atoms with E-state index in [-0.39, 0.29) is 12.5 Å². The summed E-state index contributed by atoms with van der Waals surface area (Å²) >= 11 is 18.3. The molecule has 0 heterocycles. The third kappa shape index (κ3) is 6.85. The highest BCUT2D eigenvalue weighted by molar-refractivity contribution is 6.35. The summed E-state index contributed by atoms with van der Waals surface area (Å²) in [5.41, 5.74) is 3.03. The SMILES string of the molecule is Cc1cc(OCC(O)CNCCc2ccc(Cl)cc2Cl)c(C(C)C)cc1Cl. The van der Waals surface area contributed by atoms with Crippen LogP contribution in [0.15, 0.2) is 30.3 Å². The second kappa shape index (κ2) is 10.5. The lowest BCUT2D eigenvalue weighted by Gasteiger charge is -2.18. The second-order valence-corrected chi connectivity index (χ2v) is 8.20. The van der Waals surface area contributed by atoms with E-state index in [4.69, 9.17) is 39.5 Å². The largest absolute Gasteiger partial charge is 0.491 e. The van der Waals surface area contributed by atoms with Crippen molar-refractivity contribution >= 4 is 34.8 Å². The van der Waals surface area contributed by atoms with Gasteiger partial charge < -0.3 is 15.2 Å². The molecule has 0 spiro atoms. The van der Waals surface area contributed by atoms with Gasteiger partial charge in [0.25, 0.3) is 0 Å². The van der Waals surface area contributed by atoms with Crippen LogP contribution in [-0.2, 0) is 6.42 Å². The van der Waals surface area contributed by atoms with E-state index in [1.165, 1.54) is 0 Å². The van der Waals surface area contributed by atoms with Gasteiger partial charge in [-0.25, -0.2) is 0 Å². The first-order valence-electron chi connectivity index (χ1n) is 9.03. The summed E-state index contributed by atoms with van der Waals surface area (Å²) in [5.74, 6) is 1.07. The third-order valence-electron chi connectivity index (χ3n) is 4.31. The second-order valence-electron chi connectivity index (χ2n) is 6.95. The fourth-order valence-corrected chi connectivity index (χ4v) is 3.38. The molecule has 0 aliphatic rings. The van der Waals surface area contributed by atoms with E-state index in [0.29, 0.717) is 23.1 Å². The van der Waals surface area contributed by atoms with E-state index < -0.39 is 6.10 Å². The molecule has 0 aliphatic carbocycles. The lowest BCUT2D eigenvalue weighted by molar-refractivity contribution is 0.106. The molecule has 2 aromatic carbocycles. The number of ether oxygens (including phenoxy) is 1. The van der Waals surface area contributed by atoms with Gasteiger partial charge in [0.1, 0.15) is 18.5 Å². The zero-order valence-corrected chi connectivity index (χ0v) is 18.1. The Balaban J connectivity index is 1.79. The van der Waals surface area contributed by atoms with E-state index in [9.17, 15) is 5.11 Å². The molecule has 0 aliphatic heterocycles. The molecule has 1 unspecified atom stereocenters. The maximum absolute atomic E-state index is 10.2. The molecule has 0 bridgehead atoms. The van der Waals surface area contributed by atoms with Crippen LogP contribution in [0.4, 0.5) is 0 Å². The predicted octanol–water partition coefficient (Wildman–Crippen LogP) is 5.65. The number of aryl methyl sites for hydroxylation is 1. The van der Waals surface area contributed by atoms with E-state index in [0.717, 1.165) is 33.9 Å². The van der Waals surface area contributed by atoms with Crippen molar-refractivity contribution in [2.24, 2.45) is 0 Å². The van der Waals surface area contributed by atoms with Crippen molar-refractivity contribution in [3.8, 4) is 5.75 Å². The Kier molecular flexibility index (Phi) is 8.71. The highest BCUT2D eigenvalue weighted by atomic mass is 35.5. The zero-order chi connectivity index (χ0) is 20.0. The summed E-state index contributed by atoms with van der Waals surface area (Å²) in [6.45, 7) is 7.49. The Hall–Kier alpha value is -0.970. The summed E-state index contributed by atoms with van der Waals surface area (Å²) in [4.78, 5) is 0. The molecular formula is C21H26Cl3NO2. The smallest absolute Gasteiger partial charge is 0.123 e. The molecule has 2 N–H and O–H groups in total. The predicted molar refractivity (Wildman–Crippen MR) is 115 cm³/mol. The fraction of sp³-hybridized carbons (Fsp3) is 0.429. The van der Waals surface area contributed by atoms with E-state index >= 15 is 0 Å². The zero-order valence-electron chi connectivity index (χ0n) is 15.9. The van der Waals surface area contributed by atoms with Crippen molar-refractivity contribution in [1.82, 2.24) is 5.32 Å². The standard InChI is InChI=1S/C21H26Cl3NO2/c1-13(2)18-10-19(23)14(3)8-21(18)27-12-17(26)11-25-7-6-15-4-5-16(22)9-20(15)24/h4-5,8-10,13,17,25-26H,6-7,11-12H2,1-3H3. The lowest BCUT2D eigenvalue weighted by Crippen LogP contribution is -2.32. The molecule has 148 valence electrons. The van der Waals surface area contributed by atoms with Gasteiger partial charge in [-0.2, -0.15) is 0 Å². The van der Waals surface area contributed by atoms with Crippen molar-refractivity contribution < 1.29 is 9.84 Å². The van der Waals surface area contributed by atoms with Gasteiger partial charge in [0.05, 0.1) is 0 Å². The van der Waals surface area contributed by atoms with Crippen molar-refractivity contribution in [3.63, 3.8) is 0 Å². The summed E-state index contributed by atoms with van der Waals surface area (Å²) in [5, 5.41) is 15.4. The van der Waals surface area contributed by atoms with Gasteiger partial charge in [0, 0.05) is 21.6 Å². The van der Waals surface area contributed by atoms with Crippen molar-refractivity contribution in [1.29, 1.82) is 0 Å². The van der Waals surface area contributed by atoms with Gasteiger partial charge in [-0.05, 0) is 66.8 Å². The molecule has 0 saturated heterocycles. The maximum Gasteiger partial charge on any atom is 0.123 e. The fourth-order valence-electron chi connectivity index (χ4n) is 2.71. The van der Waals surface area contributed by atoms with Gasteiger partial charge >= 0.3 is 0 Å². The Labute approximate surface area is 176 Å². The number of nitrogens with one attached hydrogen (secondary N) is 1. The van der Waals surface area contributed by atoms with Gasteiger partial charge in [0.15, 0.2) is 0 Å². The van der Waals surface area contributed by atoms with Crippen LogP contribution in [0.5, 0.6) is 5.75 Å². The molecule has 0 radical (unpaired) electrons. The topological polar surface area (TPSA) is 41.5 Å². The average Bonchev–Trinajstić information content (AvgIpc) is 2.60.